The molecule has 0 spiro atoms. The standard InChI is InChI=1S/C18H24N4O2/c1-2-3-8-19-18(24)20-15-10-12-4-5-13(9-14(12)11-15)16-6-7-17(23)22-21-16/h4-5,9,15H,2-3,6-8,10-11H2,1H3,(H,22,23)(H2,19,20,24). The van der Waals surface area contributed by atoms with Gasteiger partial charge in [-0.25, -0.2) is 10.2 Å². The first-order chi connectivity index (χ1) is 11.7. The third kappa shape index (κ3) is 3.93. The van der Waals surface area contributed by atoms with E-state index in [1.165, 1.54) is 11.1 Å². The van der Waals surface area contributed by atoms with Gasteiger partial charge in [0.2, 0.25) is 5.91 Å². The van der Waals surface area contributed by atoms with Gasteiger partial charge in [0, 0.05) is 25.4 Å². The Kier molecular flexibility index (Phi) is 5.13. The van der Waals surface area contributed by atoms with Gasteiger partial charge in [0.25, 0.3) is 0 Å². The molecule has 1 atom stereocenters. The molecule has 3 amide bonds. The Bertz CT molecular complexity index is 669. The fourth-order valence-corrected chi connectivity index (χ4v) is 3.20. The number of benzene rings is 1. The molecule has 0 aromatic heterocycles. The highest BCUT2D eigenvalue weighted by atomic mass is 16.2. The molecule has 6 heteroatoms. The van der Waals surface area contributed by atoms with Gasteiger partial charge < -0.3 is 10.6 Å². The predicted octanol–water partition coefficient (Wildman–Crippen LogP) is 1.87. The van der Waals surface area contributed by atoms with E-state index in [-0.39, 0.29) is 18.0 Å². The van der Waals surface area contributed by atoms with Crippen LogP contribution in [0.5, 0.6) is 0 Å². The Morgan fingerprint density at radius 1 is 1.29 bits per heavy atom. The molecule has 0 saturated carbocycles. The van der Waals surface area contributed by atoms with E-state index >= 15 is 0 Å². The summed E-state index contributed by atoms with van der Waals surface area (Å²) in [7, 11) is 0. The molecule has 3 rings (SSSR count). The summed E-state index contributed by atoms with van der Waals surface area (Å²) in [5.74, 6) is -0.0294. The summed E-state index contributed by atoms with van der Waals surface area (Å²) in [5.41, 5.74) is 7.05. The molecule has 6 nitrogen and oxygen atoms in total. The highest BCUT2D eigenvalue weighted by molar-refractivity contribution is 6.04. The Morgan fingerprint density at radius 2 is 2.12 bits per heavy atom. The van der Waals surface area contributed by atoms with Crippen molar-refractivity contribution in [2.45, 2.75) is 51.5 Å². The van der Waals surface area contributed by atoms with E-state index in [1.54, 1.807) is 0 Å². The van der Waals surface area contributed by atoms with Crippen molar-refractivity contribution >= 4 is 17.6 Å². The third-order valence-electron chi connectivity index (χ3n) is 4.53. The van der Waals surface area contributed by atoms with Gasteiger partial charge in [-0.1, -0.05) is 25.5 Å². The number of urea groups is 1. The number of carbonyl (C=O) groups is 2. The number of hydrogen-bond acceptors (Lipinski definition) is 3. The maximum Gasteiger partial charge on any atom is 0.315 e. The van der Waals surface area contributed by atoms with Crippen LogP contribution in [0.1, 0.15) is 49.3 Å². The number of hydrogen-bond donors (Lipinski definition) is 3. The lowest BCUT2D eigenvalue weighted by molar-refractivity contribution is -0.121. The maximum atomic E-state index is 11.9. The van der Waals surface area contributed by atoms with Gasteiger partial charge in [-0.05, 0) is 42.0 Å². The van der Waals surface area contributed by atoms with Gasteiger partial charge >= 0.3 is 6.03 Å². The highest BCUT2D eigenvalue weighted by Gasteiger charge is 2.24. The quantitative estimate of drug-likeness (QED) is 0.721. The van der Waals surface area contributed by atoms with Crippen LogP contribution in [0.25, 0.3) is 0 Å². The van der Waals surface area contributed by atoms with Gasteiger partial charge in [0.05, 0.1) is 5.71 Å². The molecule has 0 bridgehead atoms. The number of carbonyl (C=O) groups excluding carboxylic acids is 2. The average Bonchev–Trinajstić information content (AvgIpc) is 2.97. The first kappa shape index (κ1) is 16.5. The lowest BCUT2D eigenvalue weighted by Gasteiger charge is -2.13. The van der Waals surface area contributed by atoms with Gasteiger partial charge in [0.15, 0.2) is 0 Å². The van der Waals surface area contributed by atoms with E-state index in [4.69, 9.17) is 0 Å². The van der Waals surface area contributed by atoms with Crippen molar-refractivity contribution in [3.05, 3.63) is 34.9 Å². The molecule has 128 valence electrons. The van der Waals surface area contributed by atoms with Crippen LogP contribution in [0, 0.1) is 0 Å². The van der Waals surface area contributed by atoms with E-state index < -0.39 is 0 Å². The molecular formula is C18H24N4O2. The second-order valence-corrected chi connectivity index (χ2v) is 6.44. The van der Waals surface area contributed by atoms with Crippen LogP contribution in [0.4, 0.5) is 4.79 Å². The van der Waals surface area contributed by atoms with Crippen molar-refractivity contribution in [2.24, 2.45) is 5.10 Å². The summed E-state index contributed by atoms with van der Waals surface area (Å²) < 4.78 is 0. The van der Waals surface area contributed by atoms with E-state index in [1.807, 2.05) is 0 Å². The normalized spacial score (nSPS) is 19.3. The molecule has 2 aliphatic rings. The van der Waals surface area contributed by atoms with Crippen molar-refractivity contribution in [1.29, 1.82) is 0 Å². The molecule has 1 heterocycles. The monoisotopic (exact) mass is 328 g/mol. The van der Waals surface area contributed by atoms with Crippen LogP contribution in [-0.4, -0.2) is 30.2 Å². The topological polar surface area (TPSA) is 82.6 Å². The molecule has 1 aromatic rings. The highest BCUT2D eigenvalue weighted by Crippen LogP contribution is 2.24. The second kappa shape index (κ2) is 7.47. The van der Waals surface area contributed by atoms with Gasteiger partial charge in [-0.15, -0.1) is 0 Å². The summed E-state index contributed by atoms with van der Waals surface area (Å²) in [6.07, 6.45) is 4.93. The van der Waals surface area contributed by atoms with E-state index in [0.717, 1.165) is 43.5 Å². The molecular weight excluding hydrogens is 304 g/mol. The molecule has 0 saturated heterocycles. The summed E-state index contributed by atoms with van der Waals surface area (Å²) in [5, 5.41) is 10.1. The van der Waals surface area contributed by atoms with Crippen LogP contribution in [-0.2, 0) is 17.6 Å². The Balaban J connectivity index is 1.59. The maximum absolute atomic E-state index is 11.9. The zero-order valence-electron chi connectivity index (χ0n) is 14.0. The van der Waals surface area contributed by atoms with Crippen molar-refractivity contribution in [2.75, 3.05) is 6.54 Å². The lowest BCUT2D eigenvalue weighted by atomic mass is 10.00. The van der Waals surface area contributed by atoms with E-state index in [9.17, 15) is 9.59 Å². The van der Waals surface area contributed by atoms with Gasteiger partial charge in [0.1, 0.15) is 0 Å². The molecule has 1 aliphatic heterocycles. The van der Waals surface area contributed by atoms with Crippen molar-refractivity contribution in [3.63, 3.8) is 0 Å². The first-order valence-electron chi connectivity index (χ1n) is 8.67. The summed E-state index contributed by atoms with van der Waals surface area (Å²) in [6, 6.07) is 6.37. The summed E-state index contributed by atoms with van der Waals surface area (Å²) in [6.45, 7) is 2.82. The zero-order chi connectivity index (χ0) is 16.9. The minimum Gasteiger partial charge on any atom is -0.338 e. The Labute approximate surface area is 142 Å². The van der Waals surface area contributed by atoms with E-state index in [2.05, 4.69) is 46.3 Å². The third-order valence-corrected chi connectivity index (χ3v) is 4.53. The zero-order valence-corrected chi connectivity index (χ0v) is 14.0. The van der Waals surface area contributed by atoms with Crippen molar-refractivity contribution in [3.8, 4) is 0 Å². The SMILES string of the molecule is CCCCNC(=O)NC1Cc2ccc(C3=NNC(=O)CC3)cc2C1. The average molecular weight is 328 g/mol. The number of fused-ring (bicyclic) bond motifs is 1. The Hall–Kier alpha value is -2.37. The second-order valence-electron chi connectivity index (χ2n) is 6.44. The van der Waals surface area contributed by atoms with Crippen LogP contribution < -0.4 is 16.1 Å². The summed E-state index contributed by atoms with van der Waals surface area (Å²) in [4.78, 5) is 23.1. The fraction of sp³-hybridized carbons (Fsp3) is 0.500. The van der Waals surface area contributed by atoms with Crippen LogP contribution >= 0.6 is 0 Å². The molecule has 1 aromatic carbocycles. The predicted molar refractivity (Wildman–Crippen MR) is 93.0 cm³/mol. The van der Waals surface area contributed by atoms with E-state index in [0.29, 0.717) is 12.8 Å². The minimum absolute atomic E-state index is 0.0294. The number of nitrogens with one attached hydrogen (secondary N) is 3. The number of amides is 3. The largest absolute Gasteiger partial charge is 0.338 e. The van der Waals surface area contributed by atoms with Gasteiger partial charge in [-0.3, -0.25) is 4.79 Å². The van der Waals surface area contributed by atoms with Gasteiger partial charge in [-0.2, -0.15) is 5.10 Å². The molecule has 0 fully saturated rings. The first-order valence-corrected chi connectivity index (χ1v) is 8.67. The molecule has 1 unspecified atom stereocenters. The number of rotatable bonds is 5. The molecule has 24 heavy (non-hydrogen) atoms. The smallest absolute Gasteiger partial charge is 0.315 e. The molecule has 1 aliphatic carbocycles. The molecule has 0 radical (unpaired) electrons. The molecule has 3 N–H and O–H groups in total. The number of unbranched alkanes of at least 4 members (excludes halogenated alkanes) is 1. The van der Waals surface area contributed by atoms with Crippen LogP contribution in [0.3, 0.4) is 0 Å². The lowest BCUT2D eigenvalue weighted by Crippen LogP contribution is -2.42. The summed E-state index contributed by atoms with van der Waals surface area (Å²) >= 11 is 0. The number of hydrazone groups is 1. The fourth-order valence-electron chi connectivity index (χ4n) is 3.20. The Morgan fingerprint density at radius 3 is 2.88 bits per heavy atom. The van der Waals surface area contributed by atoms with Crippen molar-refractivity contribution in [1.82, 2.24) is 16.1 Å². The van der Waals surface area contributed by atoms with Crippen LogP contribution in [0.15, 0.2) is 23.3 Å². The number of nitrogens with zero attached hydrogens (tertiary/aromatic N) is 1. The minimum atomic E-state index is -0.0825. The van der Waals surface area contributed by atoms with Crippen LogP contribution in [0.2, 0.25) is 0 Å². The van der Waals surface area contributed by atoms with Crippen molar-refractivity contribution < 1.29 is 9.59 Å².